The fourth-order valence-electron chi connectivity index (χ4n) is 4.83. The lowest BCUT2D eigenvalue weighted by molar-refractivity contribution is -0.140. The Morgan fingerprint density at radius 1 is 1.00 bits per heavy atom. The van der Waals surface area contributed by atoms with Crippen molar-refractivity contribution in [1.82, 2.24) is 9.80 Å². The van der Waals surface area contributed by atoms with E-state index in [1.165, 1.54) is 16.9 Å². The molecule has 0 N–H and O–H groups in total. The first-order chi connectivity index (χ1) is 14.2. The zero-order chi connectivity index (χ0) is 20.2. The number of rotatable bonds is 5. The molecule has 3 heterocycles. The number of nitrogens with zero attached hydrogens (tertiary/aromatic N) is 2. The molecule has 29 heavy (non-hydrogen) atoms. The summed E-state index contributed by atoms with van der Waals surface area (Å²) in [6, 6.07) is 12.7. The van der Waals surface area contributed by atoms with Gasteiger partial charge in [-0.25, -0.2) is 0 Å². The molecule has 0 spiro atoms. The lowest BCUT2D eigenvalue weighted by Gasteiger charge is -2.37. The van der Waals surface area contributed by atoms with Crippen LogP contribution in [0.1, 0.15) is 67.5 Å². The van der Waals surface area contributed by atoms with Crippen LogP contribution < -0.4 is 0 Å². The minimum Gasteiger partial charge on any atom is -0.340 e. The van der Waals surface area contributed by atoms with Gasteiger partial charge in [0.2, 0.25) is 11.8 Å². The molecule has 1 aromatic heterocycles. The first-order valence-corrected chi connectivity index (χ1v) is 11.8. The summed E-state index contributed by atoms with van der Waals surface area (Å²) in [6.45, 7) is 3.72. The number of amides is 2. The summed E-state index contributed by atoms with van der Waals surface area (Å²) in [5.41, 5.74) is 2.39. The van der Waals surface area contributed by atoms with Gasteiger partial charge in [0.25, 0.3) is 0 Å². The van der Waals surface area contributed by atoms with Gasteiger partial charge in [0.1, 0.15) is 0 Å². The Bertz CT molecular complexity index is 848. The van der Waals surface area contributed by atoms with Crippen molar-refractivity contribution in [3.05, 3.63) is 57.8 Å². The second-order valence-electron chi connectivity index (χ2n) is 8.09. The molecule has 2 aliphatic heterocycles. The summed E-state index contributed by atoms with van der Waals surface area (Å²) < 4.78 is 0. The topological polar surface area (TPSA) is 40.6 Å². The van der Waals surface area contributed by atoms with E-state index in [0.29, 0.717) is 18.9 Å². The van der Waals surface area contributed by atoms with Crippen LogP contribution in [0.5, 0.6) is 0 Å². The van der Waals surface area contributed by atoms with Crippen LogP contribution in [0.25, 0.3) is 0 Å². The van der Waals surface area contributed by atoms with Gasteiger partial charge in [0.15, 0.2) is 0 Å². The monoisotopic (exact) mass is 410 g/mol. The summed E-state index contributed by atoms with van der Waals surface area (Å²) in [5.74, 6) is 0.239. The summed E-state index contributed by atoms with van der Waals surface area (Å²) in [6.07, 6.45) is 5.91. The Kier molecular flexibility index (Phi) is 6.34. The van der Waals surface area contributed by atoms with Crippen molar-refractivity contribution in [3.63, 3.8) is 0 Å². The molecule has 2 aliphatic rings. The third-order valence-corrected chi connectivity index (χ3v) is 7.37. The highest BCUT2D eigenvalue weighted by Gasteiger charge is 2.33. The van der Waals surface area contributed by atoms with Crippen LogP contribution in [0.2, 0.25) is 0 Å². The minimum absolute atomic E-state index is 0.0350. The second-order valence-corrected chi connectivity index (χ2v) is 9.10. The van der Waals surface area contributed by atoms with Gasteiger partial charge < -0.3 is 9.80 Å². The molecule has 2 aromatic rings. The van der Waals surface area contributed by atoms with Crippen LogP contribution in [0.3, 0.4) is 0 Å². The maximum absolute atomic E-state index is 13.2. The quantitative estimate of drug-likeness (QED) is 0.711. The second kappa shape index (κ2) is 9.12. The normalized spacial score (nSPS) is 21.7. The van der Waals surface area contributed by atoms with E-state index in [9.17, 15) is 9.59 Å². The van der Waals surface area contributed by atoms with Crippen molar-refractivity contribution >= 4 is 23.2 Å². The van der Waals surface area contributed by atoms with Gasteiger partial charge >= 0.3 is 0 Å². The van der Waals surface area contributed by atoms with Crippen molar-refractivity contribution < 1.29 is 9.59 Å². The SMILES string of the molecule is CCC1CCCCN1C(=O)CCC(=O)N1CCc2sccc2C1c1ccccc1. The maximum atomic E-state index is 13.2. The van der Waals surface area contributed by atoms with Crippen LogP contribution in [-0.4, -0.2) is 40.7 Å². The van der Waals surface area contributed by atoms with E-state index in [1.807, 2.05) is 28.0 Å². The molecule has 0 radical (unpaired) electrons. The van der Waals surface area contributed by atoms with Crippen molar-refractivity contribution in [3.8, 4) is 0 Å². The minimum atomic E-state index is -0.0350. The predicted molar refractivity (Wildman–Crippen MR) is 117 cm³/mol. The predicted octanol–water partition coefficient (Wildman–Crippen LogP) is 4.79. The van der Waals surface area contributed by atoms with Gasteiger partial charge in [0, 0.05) is 36.9 Å². The fraction of sp³-hybridized carbons (Fsp3) is 0.500. The number of piperidine rings is 1. The summed E-state index contributed by atoms with van der Waals surface area (Å²) >= 11 is 1.78. The zero-order valence-electron chi connectivity index (χ0n) is 17.2. The fourth-order valence-corrected chi connectivity index (χ4v) is 5.74. The van der Waals surface area contributed by atoms with Crippen LogP contribution in [0.4, 0.5) is 0 Å². The summed E-state index contributed by atoms with van der Waals surface area (Å²) in [7, 11) is 0. The maximum Gasteiger partial charge on any atom is 0.223 e. The Balaban J connectivity index is 1.47. The standard InChI is InChI=1S/C24H30N2O2S/c1-2-19-10-6-7-15-25(19)22(27)11-12-23(28)26-16-13-21-20(14-17-29-21)24(26)18-8-4-3-5-9-18/h3-5,8-9,14,17,19,24H,2,6-7,10-13,15-16H2,1H3. The first kappa shape index (κ1) is 20.1. The van der Waals surface area contributed by atoms with Crippen molar-refractivity contribution in [2.75, 3.05) is 13.1 Å². The van der Waals surface area contributed by atoms with Gasteiger partial charge in [-0.15, -0.1) is 11.3 Å². The van der Waals surface area contributed by atoms with E-state index in [1.54, 1.807) is 11.3 Å². The van der Waals surface area contributed by atoms with Crippen LogP contribution in [0, 0.1) is 0 Å². The van der Waals surface area contributed by atoms with Gasteiger partial charge in [-0.3, -0.25) is 9.59 Å². The van der Waals surface area contributed by atoms with Gasteiger partial charge in [-0.1, -0.05) is 37.3 Å². The average molecular weight is 411 g/mol. The Labute approximate surface area is 177 Å². The molecule has 154 valence electrons. The van der Waals surface area contributed by atoms with E-state index in [2.05, 4.69) is 30.5 Å². The van der Waals surface area contributed by atoms with E-state index in [4.69, 9.17) is 0 Å². The Hall–Kier alpha value is -2.14. The third-order valence-electron chi connectivity index (χ3n) is 6.37. The third kappa shape index (κ3) is 4.25. The smallest absolute Gasteiger partial charge is 0.223 e. The molecule has 0 bridgehead atoms. The van der Waals surface area contributed by atoms with Crippen molar-refractivity contribution in [2.24, 2.45) is 0 Å². The number of carbonyl (C=O) groups is 2. The lowest BCUT2D eigenvalue weighted by Crippen LogP contribution is -2.44. The molecule has 0 aliphatic carbocycles. The van der Waals surface area contributed by atoms with E-state index < -0.39 is 0 Å². The molecule has 1 fully saturated rings. The molecular formula is C24H30N2O2S. The Morgan fingerprint density at radius 3 is 2.52 bits per heavy atom. The number of likely N-dealkylation sites (tertiary alicyclic amines) is 1. The molecule has 2 atom stereocenters. The summed E-state index contributed by atoms with van der Waals surface area (Å²) in [4.78, 5) is 31.4. The average Bonchev–Trinajstić information content (AvgIpc) is 3.26. The number of carbonyl (C=O) groups excluding carboxylic acids is 2. The van der Waals surface area contributed by atoms with E-state index >= 15 is 0 Å². The molecule has 2 unspecified atom stereocenters. The van der Waals surface area contributed by atoms with Gasteiger partial charge in [-0.05, 0) is 54.7 Å². The number of hydrogen-bond acceptors (Lipinski definition) is 3. The lowest BCUT2D eigenvalue weighted by atomic mass is 9.93. The zero-order valence-corrected chi connectivity index (χ0v) is 18.0. The Morgan fingerprint density at radius 2 is 1.76 bits per heavy atom. The van der Waals surface area contributed by atoms with Gasteiger partial charge in [-0.2, -0.15) is 0 Å². The first-order valence-electron chi connectivity index (χ1n) is 10.9. The van der Waals surface area contributed by atoms with Crippen LogP contribution in [-0.2, 0) is 16.0 Å². The molecule has 1 aromatic carbocycles. The molecule has 4 rings (SSSR count). The van der Waals surface area contributed by atoms with Gasteiger partial charge in [0.05, 0.1) is 6.04 Å². The van der Waals surface area contributed by atoms with Crippen molar-refractivity contribution in [2.45, 2.75) is 64.0 Å². The molecule has 2 amide bonds. The van der Waals surface area contributed by atoms with Crippen LogP contribution >= 0.6 is 11.3 Å². The summed E-state index contributed by atoms with van der Waals surface area (Å²) in [5, 5.41) is 2.12. The molecule has 1 saturated heterocycles. The highest BCUT2D eigenvalue weighted by Crippen LogP contribution is 2.38. The molecule has 4 nitrogen and oxygen atoms in total. The van der Waals surface area contributed by atoms with Crippen LogP contribution in [0.15, 0.2) is 41.8 Å². The van der Waals surface area contributed by atoms with E-state index in [-0.39, 0.29) is 17.9 Å². The van der Waals surface area contributed by atoms with E-state index in [0.717, 1.165) is 44.3 Å². The number of thiophene rings is 1. The number of hydrogen-bond donors (Lipinski definition) is 0. The highest BCUT2D eigenvalue weighted by molar-refractivity contribution is 7.10. The highest BCUT2D eigenvalue weighted by atomic mass is 32.1. The number of fused-ring (bicyclic) bond motifs is 1. The largest absolute Gasteiger partial charge is 0.340 e. The number of benzene rings is 1. The molecule has 5 heteroatoms. The van der Waals surface area contributed by atoms with Crippen molar-refractivity contribution in [1.29, 1.82) is 0 Å². The molecule has 0 saturated carbocycles. The molecular weight excluding hydrogens is 380 g/mol.